The molecule has 158 valence electrons. The maximum absolute atomic E-state index is 13.0. The van der Waals surface area contributed by atoms with Crippen molar-refractivity contribution in [3.63, 3.8) is 0 Å². The molecule has 6 nitrogen and oxygen atoms in total. The molecule has 2 aliphatic heterocycles. The van der Waals surface area contributed by atoms with Gasteiger partial charge >= 0.3 is 12.0 Å². The SMILES string of the molecule is CC1(C)CN(Cc2ccccc2)CCC1NC(=O)N1C[C@@H]2CCC[C@@]2(C(=O)O)C1. The molecule has 29 heavy (non-hydrogen) atoms. The van der Waals surface area contributed by atoms with Crippen molar-refractivity contribution in [2.75, 3.05) is 26.2 Å². The zero-order chi connectivity index (χ0) is 20.6. The number of carboxylic acids is 1. The second-order valence-electron chi connectivity index (χ2n) is 9.91. The highest BCUT2D eigenvalue weighted by atomic mass is 16.4. The van der Waals surface area contributed by atoms with Gasteiger partial charge < -0.3 is 15.3 Å². The van der Waals surface area contributed by atoms with Crippen molar-refractivity contribution in [1.29, 1.82) is 0 Å². The standard InChI is InChI=1S/C23H33N3O3/c1-22(2)15-25(13-17-7-4-3-5-8-17)12-10-19(22)24-21(29)26-14-18-9-6-11-23(18,16-26)20(27)28/h3-5,7-8,18-19H,6,9-16H2,1-2H3,(H,24,29)(H,27,28)/t18-,19?,23+/m0/s1. The molecule has 3 aliphatic rings. The van der Waals surface area contributed by atoms with Crippen molar-refractivity contribution in [1.82, 2.24) is 15.1 Å². The summed E-state index contributed by atoms with van der Waals surface area (Å²) in [6, 6.07) is 10.5. The Bertz CT molecular complexity index is 766. The molecule has 1 unspecified atom stereocenters. The number of carbonyl (C=O) groups excluding carboxylic acids is 1. The minimum absolute atomic E-state index is 0.0389. The molecule has 2 N–H and O–H groups in total. The van der Waals surface area contributed by atoms with Crippen molar-refractivity contribution in [2.45, 2.75) is 52.1 Å². The Labute approximate surface area is 173 Å². The van der Waals surface area contributed by atoms with E-state index in [1.807, 2.05) is 6.07 Å². The minimum Gasteiger partial charge on any atom is -0.481 e. The van der Waals surface area contributed by atoms with Crippen LogP contribution in [-0.2, 0) is 11.3 Å². The summed E-state index contributed by atoms with van der Waals surface area (Å²) in [4.78, 5) is 29.1. The predicted molar refractivity (Wildman–Crippen MR) is 111 cm³/mol. The molecule has 2 amide bonds. The molecule has 0 radical (unpaired) electrons. The Hall–Kier alpha value is -2.08. The van der Waals surface area contributed by atoms with Gasteiger partial charge in [-0.15, -0.1) is 0 Å². The number of carbonyl (C=O) groups is 2. The molecule has 3 atom stereocenters. The van der Waals surface area contributed by atoms with Crippen molar-refractivity contribution < 1.29 is 14.7 Å². The van der Waals surface area contributed by atoms with Crippen LogP contribution in [0, 0.1) is 16.7 Å². The van der Waals surface area contributed by atoms with Gasteiger partial charge in [-0.3, -0.25) is 9.69 Å². The van der Waals surface area contributed by atoms with Gasteiger partial charge in [0, 0.05) is 38.8 Å². The number of benzene rings is 1. The first kappa shape index (κ1) is 20.2. The van der Waals surface area contributed by atoms with E-state index >= 15 is 0 Å². The molecule has 1 aliphatic carbocycles. The van der Waals surface area contributed by atoms with E-state index in [9.17, 15) is 14.7 Å². The summed E-state index contributed by atoms with van der Waals surface area (Å²) in [6.45, 7) is 8.16. The van der Waals surface area contributed by atoms with Crippen LogP contribution in [-0.4, -0.2) is 59.1 Å². The van der Waals surface area contributed by atoms with E-state index in [2.05, 4.69) is 48.3 Å². The molecule has 3 fully saturated rings. The number of nitrogens with one attached hydrogen (secondary N) is 1. The summed E-state index contributed by atoms with van der Waals surface area (Å²) in [7, 11) is 0. The highest BCUT2D eigenvalue weighted by molar-refractivity contribution is 5.80. The minimum atomic E-state index is -0.732. The fourth-order valence-electron chi connectivity index (χ4n) is 5.75. The predicted octanol–water partition coefficient (Wildman–Crippen LogP) is 3.18. The van der Waals surface area contributed by atoms with E-state index in [0.717, 1.165) is 38.9 Å². The third-order valence-electron chi connectivity index (χ3n) is 7.44. The van der Waals surface area contributed by atoms with Crippen molar-refractivity contribution in [3.05, 3.63) is 35.9 Å². The number of urea groups is 1. The van der Waals surface area contributed by atoms with Crippen LogP contribution in [0.3, 0.4) is 0 Å². The fourth-order valence-corrected chi connectivity index (χ4v) is 5.75. The van der Waals surface area contributed by atoms with Crippen LogP contribution in [0.4, 0.5) is 4.79 Å². The third kappa shape index (κ3) is 3.87. The Kier molecular flexibility index (Phi) is 5.32. The smallest absolute Gasteiger partial charge is 0.317 e. The van der Waals surface area contributed by atoms with Gasteiger partial charge in [0.05, 0.1) is 5.41 Å². The molecule has 4 rings (SSSR count). The Morgan fingerprint density at radius 2 is 1.93 bits per heavy atom. The summed E-state index contributed by atoms with van der Waals surface area (Å²) < 4.78 is 0. The fraction of sp³-hybridized carbons (Fsp3) is 0.652. The highest BCUT2D eigenvalue weighted by Gasteiger charge is 2.56. The van der Waals surface area contributed by atoms with Gasteiger partial charge in [0.1, 0.15) is 0 Å². The van der Waals surface area contributed by atoms with E-state index in [1.54, 1.807) is 4.90 Å². The average molecular weight is 400 g/mol. The number of nitrogens with zero attached hydrogens (tertiary/aromatic N) is 2. The first-order chi connectivity index (χ1) is 13.8. The lowest BCUT2D eigenvalue weighted by molar-refractivity contribution is -0.149. The number of amides is 2. The quantitative estimate of drug-likeness (QED) is 0.816. The maximum Gasteiger partial charge on any atom is 0.317 e. The molecule has 0 spiro atoms. The molecule has 1 aromatic rings. The van der Waals surface area contributed by atoms with E-state index in [4.69, 9.17) is 0 Å². The molecule has 2 saturated heterocycles. The number of carboxylic acid groups (broad SMARTS) is 1. The Balaban J connectivity index is 1.35. The number of fused-ring (bicyclic) bond motifs is 1. The zero-order valence-electron chi connectivity index (χ0n) is 17.6. The van der Waals surface area contributed by atoms with Crippen LogP contribution < -0.4 is 5.32 Å². The lowest BCUT2D eigenvalue weighted by atomic mass is 9.79. The number of rotatable bonds is 4. The van der Waals surface area contributed by atoms with Gasteiger partial charge in [-0.05, 0) is 36.2 Å². The topological polar surface area (TPSA) is 72.9 Å². The molecule has 1 saturated carbocycles. The van der Waals surface area contributed by atoms with Gasteiger partial charge in [0.15, 0.2) is 0 Å². The lowest BCUT2D eigenvalue weighted by Crippen LogP contribution is -2.57. The maximum atomic E-state index is 13.0. The first-order valence-corrected chi connectivity index (χ1v) is 10.9. The van der Waals surface area contributed by atoms with Crippen LogP contribution >= 0.6 is 0 Å². The summed E-state index contributed by atoms with van der Waals surface area (Å²) in [6.07, 6.45) is 3.48. The molecule has 1 aromatic carbocycles. The third-order valence-corrected chi connectivity index (χ3v) is 7.44. The van der Waals surface area contributed by atoms with Gasteiger partial charge in [-0.1, -0.05) is 50.6 Å². The Morgan fingerprint density at radius 3 is 2.59 bits per heavy atom. The summed E-state index contributed by atoms with van der Waals surface area (Å²) in [5.41, 5.74) is 0.558. The van der Waals surface area contributed by atoms with Crippen LogP contribution in [0.2, 0.25) is 0 Å². The van der Waals surface area contributed by atoms with Gasteiger partial charge in [0.25, 0.3) is 0 Å². The Morgan fingerprint density at radius 1 is 1.17 bits per heavy atom. The molecule has 0 aromatic heterocycles. The lowest BCUT2D eigenvalue weighted by Gasteiger charge is -2.45. The summed E-state index contributed by atoms with van der Waals surface area (Å²) in [5, 5.41) is 13.0. The molecule has 2 heterocycles. The first-order valence-electron chi connectivity index (χ1n) is 10.9. The number of piperidine rings is 1. The van der Waals surface area contributed by atoms with Crippen molar-refractivity contribution in [2.24, 2.45) is 16.7 Å². The molecular weight excluding hydrogens is 366 g/mol. The highest BCUT2D eigenvalue weighted by Crippen LogP contribution is 2.49. The molecular formula is C23H33N3O3. The summed E-state index contributed by atoms with van der Waals surface area (Å²) in [5.74, 6) is -0.628. The van der Waals surface area contributed by atoms with E-state index in [1.165, 1.54) is 5.56 Å². The molecule has 0 bridgehead atoms. The van der Waals surface area contributed by atoms with Crippen LogP contribution in [0.5, 0.6) is 0 Å². The largest absolute Gasteiger partial charge is 0.481 e. The van der Waals surface area contributed by atoms with Crippen LogP contribution in [0.1, 0.15) is 45.1 Å². The van der Waals surface area contributed by atoms with E-state index < -0.39 is 11.4 Å². The number of aliphatic carboxylic acids is 1. The van der Waals surface area contributed by atoms with E-state index in [0.29, 0.717) is 19.5 Å². The second kappa shape index (κ2) is 7.63. The number of likely N-dealkylation sites (tertiary alicyclic amines) is 2. The van der Waals surface area contributed by atoms with Gasteiger partial charge in [-0.25, -0.2) is 4.79 Å². The van der Waals surface area contributed by atoms with Crippen LogP contribution in [0.25, 0.3) is 0 Å². The number of hydrogen-bond acceptors (Lipinski definition) is 3. The molecule has 6 heteroatoms. The van der Waals surface area contributed by atoms with Gasteiger partial charge in [-0.2, -0.15) is 0 Å². The van der Waals surface area contributed by atoms with Crippen LogP contribution in [0.15, 0.2) is 30.3 Å². The van der Waals surface area contributed by atoms with E-state index in [-0.39, 0.29) is 23.4 Å². The second-order valence-corrected chi connectivity index (χ2v) is 9.91. The summed E-state index contributed by atoms with van der Waals surface area (Å²) >= 11 is 0. The zero-order valence-corrected chi connectivity index (χ0v) is 17.6. The average Bonchev–Trinajstić information content (AvgIpc) is 3.23. The van der Waals surface area contributed by atoms with Gasteiger partial charge in [0.2, 0.25) is 0 Å². The monoisotopic (exact) mass is 399 g/mol. The van der Waals surface area contributed by atoms with Crippen molar-refractivity contribution >= 4 is 12.0 Å². The normalized spacial score (nSPS) is 31.4. The van der Waals surface area contributed by atoms with Crippen molar-refractivity contribution in [3.8, 4) is 0 Å². The number of hydrogen-bond donors (Lipinski definition) is 2.